The highest BCUT2D eigenvalue weighted by Gasteiger charge is 2.36. The van der Waals surface area contributed by atoms with E-state index in [1.165, 1.54) is 31.5 Å². The van der Waals surface area contributed by atoms with Crippen molar-refractivity contribution in [2.45, 2.75) is 19.6 Å². The largest absolute Gasteiger partial charge is 0.505 e. The highest BCUT2D eigenvalue weighted by atomic mass is 16.5. The first kappa shape index (κ1) is 19.5. The number of ether oxygens (including phenoxy) is 2. The van der Waals surface area contributed by atoms with Gasteiger partial charge in [-0.3, -0.25) is 14.7 Å². The third-order valence-electron chi connectivity index (χ3n) is 4.62. The maximum atomic E-state index is 11.9. The summed E-state index contributed by atoms with van der Waals surface area (Å²) in [5.41, 5.74) is 1.57. The van der Waals surface area contributed by atoms with Gasteiger partial charge in [0.1, 0.15) is 11.5 Å². The van der Waals surface area contributed by atoms with Gasteiger partial charge in [-0.05, 0) is 24.6 Å². The second-order valence-electron chi connectivity index (χ2n) is 6.21. The van der Waals surface area contributed by atoms with Gasteiger partial charge in [-0.25, -0.2) is 0 Å². The summed E-state index contributed by atoms with van der Waals surface area (Å²) in [6.07, 6.45) is 3.13. The number of methoxy groups -OCH3 is 2. The smallest absolute Gasteiger partial charge is 0.218 e. The van der Waals surface area contributed by atoms with Crippen molar-refractivity contribution in [1.29, 1.82) is 0 Å². The molecule has 1 atom stereocenters. The van der Waals surface area contributed by atoms with Gasteiger partial charge >= 0.3 is 0 Å². The van der Waals surface area contributed by atoms with Gasteiger partial charge in [-0.15, -0.1) is 0 Å². The highest BCUT2D eigenvalue weighted by Crippen LogP contribution is 2.44. The average molecular weight is 385 g/mol. The number of benzene rings is 1. The molecule has 28 heavy (non-hydrogen) atoms. The molecule has 1 unspecified atom stereocenters. The molecule has 1 aliphatic heterocycles. The van der Waals surface area contributed by atoms with Crippen LogP contribution in [0.5, 0.6) is 11.5 Å². The van der Waals surface area contributed by atoms with E-state index in [1.807, 2.05) is 6.92 Å². The quantitative estimate of drug-likeness (QED) is 0.707. The number of anilines is 2. The molecule has 8 nitrogen and oxygen atoms in total. The van der Waals surface area contributed by atoms with E-state index in [0.717, 1.165) is 6.42 Å². The number of amides is 1. The molecule has 148 valence electrons. The topological polar surface area (TPSA) is 95.4 Å². The lowest BCUT2D eigenvalue weighted by Gasteiger charge is -2.39. The zero-order valence-electron chi connectivity index (χ0n) is 16.0. The van der Waals surface area contributed by atoms with Crippen LogP contribution in [0.2, 0.25) is 0 Å². The second kappa shape index (κ2) is 8.18. The summed E-state index contributed by atoms with van der Waals surface area (Å²) in [4.78, 5) is 18.7. The molecule has 0 fully saturated rings. The van der Waals surface area contributed by atoms with E-state index in [9.17, 15) is 15.0 Å². The van der Waals surface area contributed by atoms with E-state index in [-0.39, 0.29) is 11.5 Å². The summed E-state index contributed by atoms with van der Waals surface area (Å²) in [7, 11) is 3.02. The van der Waals surface area contributed by atoms with Crippen molar-refractivity contribution in [2.24, 2.45) is 0 Å². The van der Waals surface area contributed by atoms with Gasteiger partial charge in [0.05, 0.1) is 25.6 Å². The first-order valence-electron chi connectivity index (χ1n) is 8.86. The fourth-order valence-electron chi connectivity index (χ4n) is 3.32. The van der Waals surface area contributed by atoms with Gasteiger partial charge in [-0.2, -0.15) is 0 Å². The normalized spacial score (nSPS) is 15.9. The van der Waals surface area contributed by atoms with Crippen LogP contribution in [0.15, 0.2) is 42.4 Å². The summed E-state index contributed by atoms with van der Waals surface area (Å²) in [6.45, 7) is 2.48. The monoisotopic (exact) mass is 385 g/mol. The van der Waals surface area contributed by atoms with Crippen LogP contribution < -0.4 is 19.3 Å². The molecule has 0 spiro atoms. The van der Waals surface area contributed by atoms with Crippen molar-refractivity contribution in [3.05, 3.63) is 47.9 Å². The first-order valence-corrected chi connectivity index (χ1v) is 8.86. The van der Waals surface area contributed by atoms with E-state index in [2.05, 4.69) is 4.98 Å². The minimum absolute atomic E-state index is 0.0642. The molecule has 1 aromatic heterocycles. The number of aliphatic hydroxyl groups excluding tert-OH is 2. The van der Waals surface area contributed by atoms with Gasteiger partial charge in [0.25, 0.3) is 0 Å². The number of hydrogen-bond donors (Lipinski definition) is 2. The SMILES string of the molecule is CCCN1c2cc(OC)c(OC)cc2C(O)=C(N(C=O)c2ccncc2)C1O. The van der Waals surface area contributed by atoms with Gasteiger partial charge in [0.15, 0.2) is 17.7 Å². The molecular weight excluding hydrogens is 362 g/mol. The number of nitrogens with zero attached hydrogens (tertiary/aromatic N) is 3. The lowest BCUT2D eigenvalue weighted by molar-refractivity contribution is -0.107. The molecule has 1 aromatic carbocycles. The van der Waals surface area contributed by atoms with Gasteiger partial charge in [-0.1, -0.05) is 6.92 Å². The van der Waals surface area contributed by atoms with Gasteiger partial charge in [0.2, 0.25) is 6.41 Å². The standard InChI is InChI=1S/C20H23N3O5/c1-4-9-22-15-11-17(28-3)16(27-2)10-14(15)19(25)18(20(22)26)23(12-24)13-5-7-21-8-6-13/h5-8,10-12,20,25-26H,4,9H2,1-3H3. The third-order valence-corrected chi connectivity index (χ3v) is 4.62. The minimum atomic E-state index is -1.23. The van der Waals surface area contributed by atoms with Crippen LogP contribution in [0.4, 0.5) is 11.4 Å². The number of carbonyl (C=O) groups excluding carboxylic acids is 1. The maximum Gasteiger partial charge on any atom is 0.218 e. The number of carbonyl (C=O) groups is 1. The Morgan fingerprint density at radius 3 is 2.43 bits per heavy atom. The molecule has 0 bridgehead atoms. The molecule has 3 rings (SSSR count). The van der Waals surface area contributed by atoms with Crippen molar-refractivity contribution in [2.75, 3.05) is 30.6 Å². The molecule has 8 heteroatoms. The maximum absolute atomic E-state index is 11.9. The molecule has 2 aromatic rings. The van der Waals surface area contributed by atoms with Gasteiger partial charge < -0.3 is 24.6 Å². The van der Waals surface area contributed by atoms with Crippen LogP contribution in [0.1, 0.15) is 18.9 Å². The Kier molecular flexibility index (Phi) is 5.70. The molecule has 2 heterocycles. The fraction of sp³-hybridized carbons (Fsp3) is 0.300. The predicted molar refractivity (Wildman–Crippen MR) is 106 cm³/mol. The molecular formula is C20H23N3O5. The van der Waals surface area contributed by atoms with Crippen LogP contribution in [0.25, 0.3) is 5.76 Å². The number of rotatable bonds is 7. The highest BCUT2D eigenvalue weighted by molar-refractivity contribution is 5.90. The van der Waals surface area contributed by atoms with Crippen LogP contribution in [0.3, 0.4) is 0 Å². The number of pyridine rings is 1. The Hall–Kier alpha value is -3.26. The van der Waals surface area contributed by atoms with Crippen molar-refractivity contribution in [3.8, 4) is 11.5 Å². The molecule has 1 amide bonds. The Morgan fingerprint density at radius 2 is 1.86 bits per heavy atom. The van der Waals surface area contributed by atoms with Crippen LogP contribution in [0, 0.1) is 0 Å². The third kappa shape index (κ3) is 3.22. The second-order valence-corrected chi connectivity index (χ2v) is 6.21. The van der Waals surface area contributed by atoms with E-state index < -0.39 is 6.23 Å². The van der Waals surface area contributed by atoms with E-state index in [4.69, 9.17) is 9.47 Å². The molecule has 0 saturated carbocycles. The van der Waals surface area contributed by atoms with Crippen LogP contribution >= 0.6 is 0 Å². The zero-order valence-corrected chi connectivity index (χ0v) is 16.0. The van der Waals surface area contributed by atoms with Crippen LogP contribution in [-0.4, -0.2) is 48.6 Å². The Labute approximate surface area is 163 Å². The molecule has 2 N–H and O–H groups in total. The molecule has 0 aliphatic carbocycles. The fourth-order valence-corrected chi connectivity index (χ4v) is 3.32. The van der Waals surface area contributed by atoms with E-state index >= 15 is 0 Å². The summed E-state index contributed by atoms with van der Waals surface area (Å²) in [5, 5.41) is 22.1. The average Bonchev–Trinajstić information content (AvgIpc) is 2.73. The molecule has 0 radical (unpaired) electrons. The summed E-state index contributed by atoms with van der Waals surface area (Å²) in [5.74, 6) is 0.702. The number of aliphatic hydroxyl groups is 2. The summed E-state index contributed by atoms with van der Waals surface area (Å²) in [6, 6.07) is 6.58. The van der Waals surface area contributed by atoms with Crippen LogP contribution in [-0.2, 0) is 4.79 Å². The Bertz CT molecular complexity index is 885. The first-order chi connectivity index (χ1) is 13.6. The number of hydrogen-bond acceptors (Lipinski definition) is 7. The Morgan fingerprint density at radius 1 is 1.21 bits per heavy atom. The predicted octanol–water partition coefficient (Wildman–Crippen LogP) is 2.54. The van der Waals surface area contributed by atoms with Gasteiger partial charge in [0, 0.05) is 30.6 Å². The number of fused-ring (bicyclic) bond motifs is 1. The van der Waals surface area contributed by atoms with Crippen molar-refractivity contribution in [1.82, 2.24) is 4.98 Å². The summed E-state index contributed by atoms with van der Waals surface area (Å²) >= 11 is 0. The van der Waals surface area contributed by atoms with E-state index in [1.54, 1.807) is 29.2 Å². The molecule has 1 aliphatic rings. The van der Waals surface area contributed by atoms with Crippen molar-refractivity contribution < 1.29 is 24.5 Å². The molecule has 0 saturated heterocycles. The summed E-state index contributed by atoms with van der Waals surface area (Å²) < 4.78 is 10.7. The van der Waals surface area contributed by atoms with E-state index in [0.29, 0.717) is 41.4 Å². The zero-order chi connectivity index (χ0) is 20.3. The lowest BCUT2D eigenvalue weighted by Crippen LogP contribution is -2.46. The minimum Gasteiger partial charge on any atom is -0.505 e. The van der Waals surface area contributed by atoms with Crippen molar-refractivity contribution >= 4 is 23.5 Å². The lowest BCUT2D eigenvalue weighted by atomic mass is 10.00. The Balaban J connectivity index is 2.24. The van der Waals surface area contributed by atoms with Crippen molar-refractivity contribution in [3.63, 3.8) is 0 Å². The number of aromatic nitrogens is 1.